The fourth-order valence-corrected chi connectivity index (χ4v) is 1.55. The molecule has 0 heterocycles. The Morgan fingerprint density at radius 3 is 2.70 bits per heavy atom. The standard InChI is InChI=1S/C14H13ClFNO3/c1-4-14(3,5-2)20-13(19)17-12(18)11-9(15)7-6-8-10(11)16/h1,6-8H,5H2,2-3H3,(H,17,18,19)/t14-/m1/s1. The molecule has 1 atom stereocenters. The Bertz CT molecular complexity index is 562. The summed E-state index contributed by atoms with van der Waals surface area (Å²) in [5.74, 6) is 0.473. The molecular weight excluding hydrogens is 285 g/mol. The smallest absolute Gasteiger partial charge is 0.415 e. The SMILES string of the molecule is C#C[C@](C)(CC)OC(=O)NC(=O)c1c(F)cccc1Cl. The summed E-state index contributed by atoms with van der Waals surface area (Å²) in [6.07, 6.45) is 4.54. The number of imide groups is 1. The van der Waals surface area contributed by atoms with Gasteiger partial charge in [-0.25, -0.2) is 9.18 Å². The van der Waals surface area contributed by atoms with Crippen LogP contribution in [0.4, 0.5) is 9.18 Å². The molecule has 1 aromatic rings. The van der Waals surface area contributed by atoms with E-state index < -0.39 is 29.0 Å². The zero-order valence-corrected chi connectivity index (χ0v) is 11.8. The molecule has 0 bridgehead atoms. The monoisotopic (exact) mass is 297 g/mol. The van der Waals surface area contributed by atoms with Gasteiger partial charge in [-0.05, 0) is 25.5 Å². The molecule has 0 aliphatic carbocycles. The molecule has 0 unspecified atom stereocenters. The highest BCUT2D eigenvalue weighted by molar-refractivity contribution is 6.34. The maximum atomic E-state index is 13.5. The first-order valence-corrected chi connectivity index (χ1v) is 6.17. The summed E-state index contributed by atoms with van der Waals surface area (Å²) in [4.78, 5) is 23.3. The van der Waals surface area contributed by atoms with Crippen LogP contribution in [-0.2, 0) is 4.74 Å². The van der Waals surface area contributed by atoms with Crippen molar-refractivity contribution >= 4 is 23.6 Å². The number of benzene rings is 1. The van der Waals surface area contributed by atoms with Crippen LogP contribution in [0.15, 0.2) is 18.2 Å². The Labute approximate surface area is 121 Å². The van der Waals surface area contributed by atoms with Crippen LogP contribution in [0.5, 0.6) is 0 Å². The number of terminal acetylenes is 1. The minimum Gasteiger partial charge on any atom is -0.430 e. The van der Waals surface area contributed by atoms with E-state index in [0.29, 0.717) is 6.42 Å². The molecule has 0 fully saturated rings. The molecule has 6 heteroatoms. The first-order valence-electron chi connectivity index (χ1n) is 5.79. The lowest BCUT2D eigenvalue weighted by molar-refractivity contribution is 0.0601. The van der Waals surface area contributed by atoms with Crippen molar-refractivity contribution in [1.29, 1.82) is 0 Å². The third-order valence-electron chi connectivity index (χ3n) is 2.70. The summed E-state index contributed by atoms with van der Waals surface area (Å²) in [5.41, 5.74) is -1.56. The van der Waals surface area contributed by atoms with Crippen molar-refractivity contribution in [3.8, 4) is 12.3 Å². The molecule has 1 aromatic carbocycles. The van der Waals surface area contributed by atoms with Crippen LogP contribution in [0, 0.1) is 18.2 Å². The first-order chi connectivity index (χ1) is 9.33. The minimum absolute atomic E-state index is 0.106. The van der Waals surface area contributed by atoms with E-state index >= 15 is 0 Å². The molecule has 4 nitrogen and oxygen atoms in total. The van der Waals surface area contributed by atoms with Gasteiger partial charge in [0.15, 0.2) is 5.60 Å². The maximum absolute atomic E-state index is 13.5. The molecule has 0 saturated heterocycles. The molecular formula is C14H13ClFNO3. The Hall–Kier alpha value is -2.06. The van der Waals surface area contributed by atoms with Crippen LogP contribution < -0.4 is 5.32 Å². The summed E-state index contributed by atoms with van der Waals surface area (Å²) >= 11 is 5.71. The number of ether oxygens (including phenoxy) is 1. The number of hydrogen-bond acceptors (Lipinski definition) is 3. The highest BCUT2D eigenvalue weighted by atomic mass is 35.5. The van der Waals surface area contributed by atoms with Gasteiger partial charge in [0.25, 0.3) is 5.91 Å². The summed E-state index contributed by atoms with van der Waals surface area (Å²) in [6, 6.07) is 3.74. The molecule has 106 valence electrons. The van der Waals surface area contributed by atoms with Gasteiger partial charge in [0.05, 0.1) is 10.6 Å². The largest absolute Gasteiger partial charge is 0.430 e. The number of carbonyl (C=O) groups excluding carboxylic acids is 2. The number of halogens is 2. The van der Waals surface area contributed by atoms with E-state index in [1.165, 1.54) is 19.1 Å². The average Bonchev–Trinajstić information content (AvgIpc) is 2.38. The predicted molar refractivity (Wildman–Crippen MR) is 72.9 cm³/mol. The fourth-order valence-electron chi connectivity index (χ4n) is 1.30. The zero-order chi connectivity index (χ0) is 15.3. The third-order valence-corrected chi connectivity index (χ3v) is 3.02. The second-order valence-corrected chi connectivity index (χ2v) is 4.58. The second-order valence-electron chi connectivity index (χ2n) is 4.17. The molecule has 0 aromatic heterocycles. The average molecular weight is 298 g/mol. The van der Waals surface area contributed by atoms with Crippen LogP contribution in [0.3, 0.4) is 0 Å². The lowest BCUT2D eigenvalue weighted by Gasteiger charge is -2.21. The van der Waals surface area contributed by atoms with E-state index in [2.05, 4.69) is 5.92 Å². The number of nitrogens with one attached hydrogen (secondary N) is 1. The fraction of sp³-hybridized carbons (Fsp3) is 0.286. The Kier molecular flexibility index (Phi) is 5.12. The molecule has 0 saturated carbocycles. The van der Waals surface area contributed by atoms with E-state index in [1.54, 1.807) is 6.92 Å². The highest BCUT2D eigenvalue weighted by Crippen LogP contribution is 2.19. The van der Waals surface area contributed by atoms with E-state index in [4.69, 9.17) is 22.8 Å². The number of carbonyl (C=O) groups is 2. The van der Waals surface area contributed by atoms with Gasteiger partial charge >= 0.3 is 6.09 Å². The molecule has 20 heavy (non-hydrogen) atoms. The van der Waals surface area contributed by atoms with Crippen molar-refractivity contribution in [2.24, 2.45) is 0 Å². The van der Waals surface area contributed by atoms with Gasteiger partial charge in [-0.15, -0.1) is 6.42 Å². The van der Waals surface area contributed by atoms with E-state index in [9.17, 15) is 14.0 Å². The number of hydrogen-bond donors (Lipinski definition) is 1. The van der Waals surface area contributed by atoms with Crippen molar-refractivity contribution < 1.29 is 18.7 Å². The molecule has 1 rings (SSSR count). The minimum atomic E-state index is -1.14. The lowest BCUT2D eigenvalue weighted by atomic mass is 10.1. The first kappa shape index (κ1) is 16.0. The molecule has 0 radical (unpaired) electrons. The second kappa shape index (κ2) is 6.40. The van der Waals surface area contributed by atoms with E-state index in [0.717, 1.165) is 6.07 Å². The summed E-state index contributed by atoms with van der Waals surface area (Å²) in [7, 11) is 0. The van der Waals surface area contributed by atoms with Crippen LogP contribution >= 0.6 is 11.6 Å². The van der Waals surface area contributed by atoms with E-state index in [1.807, 2.05) is 5.32 Å². The third kappa shape index (κ3) is 3.72. The zero-order valence-electron chi connectivity index (χ0n) is 11.0. The predicted octanol–water partition coefficient (Wildman–Crippen LogP) is 3.15. The number of alkyl carbamates (subject to hydrolysis) is 1. The van der Waals surface area contributed by atoms with Crippen molar-refractivity contribution in [3.05, 3.63) is 34.6 Å². The maximum Gasteiger partial charge on any atom is 0.415 e. The molecule has 1 N–H and O–H groups in total. The number of rotatable bonds is 3. The van der Waals surface area contributed by atoms with Gasteiger partial charge in [0, 0.05) is 0 Å². The Balaban J connectivity index is 2.82. The van der Waals surface area contributed by atoms with Crippen molar-refractivity contribution in [2.75, 3.05) is 0 Å². The topological polar surface area (TPSA) is 55.4 Å². The molecule has 2 amide bonds. The summed E-state index contributed by atoms with van der Waals surface area (Å²) < 4.78 is 18.4. The normalized spacial score (nSPS) is 12.9. The summed E-state index contributed by atoms with van der Waals surface area (Å²) in [5, 5.41) is 1.78. The summed E-state index contributed by atoms with van der Waals surface area (Å²) in [6.45, 7) is 3.25. The van der Waals surface area contributed by atoms with Gasteiger partial charge in [-0.3, -0.25) is 10.1 Å². The van der Waals surface area contributed by atoms with Crippen LogP contribution in [-0.4, -0.2) is 17.6 Å². The Morgan fingerprint density at radius 1 is 1.55 bits per heavy atom. The molecule has 0 aliphatic rings. The van der Waals surface area contributed by atoms with Crippen LogP contribution in [0.1, 0.15) is 30.6 Å². The van der Waals surface area contributed by atoms with Gasteiger partial charge in [-0.2, -0.15) is 0 Å². The molecule has 0 spiro atoms. The van der Waals surface area contributed by atoms with Crippen molar-refractivity contribution in [3.63, 3.8) is 0 Å². The van der Waals surface area contributed by atoms with Gasteiger partial charge in [-0.1, -0.05) is 30.5 Å². The van der Waals surface area contributed by atoms with Gasteiger partial charge in [0.1, 0.15) is 5.82 Å². The van der Waals surface area contributed by atoms with Crippen molar-refractivity contribution in [2.45, 2.75) is 25.9 Å². The van der Waals surface area contributed by atoms with Crippen LogP contribution in [0.2, 0.25) is 5.02 Å². The van der Waals surface area contributed by atoms with Gasteiger partial charge < -0.3 is 4.74 Å². The lowest BCUT2D eigenvalue weighted by Crippen LogP contribution is -2.38. The van der Waals surface area contributed by atoms with E-state index in [-0.39, 0.29) is 5.02 Å². The highest BCUT2D eigenvalue weighted by Gasteiger charge is 2.26. The Morgan fingerprint density at radius 2 is 2.20 bits per heavy atom. The quantitative estimate of drug-likeness (QED) is 0.872. The van der Waals surface area contributed by atoms with Gasteiger partial charge in [0.2, 0.25) is 0 Å². The number of amides is 2. The van der Waals surface area contributed by atoms with Crippen LogP contribution in [0.25, 0.3) is 0 Å². The molecule has 0 aliphatic heterocycles. The van der Waals surface area contributed by atoms with Crippen molar-refractivity contribution in [1.82, 2.24) is 5.32 Å².